The first-order chi connectivity index (χ1) is 11.7. The average Bonchev–Trinajstić information content (AvgIpc) is 3.01. The zero-order valence-corrected chi connectivity index (χ0v) is 14.8. The van der Waals surface area contributed by atoms with Gasteiger partial charge in [0.05, 0.1) is 25.4 Å². The predicted octanol–water partition coefficient (Wildman–Crippen LogP) is -1.39. The van der Waals surface area contributed by atoms with Gasteiger partial charge in [0.25, 0.3) is 5.91 Å². The molecule has 2 N–H and O–H groups in total. The fraction of sp³-hybridized carbons (Fsp3) is 0.812. The van der Waals surface area contributed by atoms with Crippen molar-refractivity contribution in [2.75, 3.05) is 52.5 Å². The lowest BCUT2D eigenvalue weighted by molar-refractivity contribution is -0.138. The number of β-amino-alcohol motifs (C(OH)–C–C–N with tert-alkyl or cyclic N) is 1. The maximum Gasteiger partial charge on any atom is 0.325 e. The number of aliphatic hydroxyl groups is 1. The zero-order valence-electron chi connectivity index (χ0n) is 14.8. The van der Waals surface area contributed by atoms with Gasteiger partial charge in [0.15, 0.2) is 0 Å². The minimum atomic E-state index is -0.987. The number of nitrogens with one attached hydrogen (secondary N) is 1. The standard InChI is InChI=1S/C16H26N4O5/c1-15(2)13(22)20(14(23)17-15)9-12(21)19-4-3-16(24,11-19)10-18-5-7-25-8-6-18/h24H,3-11H2,1-2H3,(H,17,23). The summed E-state index contributed by atoms with van der Waals surface area (Å²) in [6, 6.07) is -0.550. The second-order valence-corrected chi connectivity index (χ2v) is 7.62. The minimum absolute atomic E-state index is 0.218. The highest BCUT2D eigenvalue weighted by Crippen LogP contribution is 2.24. The molecule has 0 saturated carbocycles. The predicted molar refractivity (Wildman–Crippen MR) is 87.7 cm³/mol. The molecule has 1 unspecified atom stereocenters. The minimum Gasteiger partial charge on any atom is -0.387 e. The van der Waals surface area contributed by atoms with E-state index in [4.69, 9.17) is 4.74 Å². The van der Waals surface area contributed by atoms with Crippen molar-refractivity contribution in [1.29, 1.82) is 0 Å². The van der Waals surface area contributed by atoms with Crippen LogP contribution < -0.4 is 5.32 Å². The Morgan fingerprint density at radius 1 is 1.24 bits per heavy atom. The van der Waals surface area contributed by atoms with Gasteiger partial charge in [-0.15, -0.1) is 0 Å². The molecule has 3 aliphatic rings. The van der Waals surface area contributed by atoms with Gasteiger partial charge >= 0.3 is 6.03 Å². The molecule has 3 fully saturated rings. The zero-order chi connectivity index (χ0) is 18.2. The van der Waals surface area contributed by atoms with Gasteiger partial charge in [-0.25, -0.2) is 4.79 Å². The summed E-state index contributed by atoms with van der Waals surface area (Å²) in [5.74, 6) is -0.729. The third-order valence-electron chi connectivity index (χ3n) is 5.04. The molecule has 25 heavy (non-hydrogen) atoms. The van der Waals surface area contributed by atoms with Crippen LogP contribution in [0.2, 0.25) is 0 Å². The molecule has 0 spiro atoms. The number of ether oxygens (including phenoxy) is 1. The molecule has 140 valence electrons. The molecule has 0 aromatic heterocycles. The van der Waals surface area contributed by atoms with E-state index in [-0.39, 0.29) is 19.0 Å². The lowest BCUT2D eigenvalue weighted by Crippen LogP contribution is -2.50. The molecule has 1 atom stereocenters. The van der Waals surface area contributed by atoms with Crippen molar-refractivity contribution in [2.24, 2.45) is 0 Å². The number of likely N-dealkylation sites (tertiary alicyclic amines) is 1. The molecule has 0 aliphatic carbocycles. The molecule has 3 heterocycles. The van der Waals surface area contributed by atoms with E-state index in [1.54, 1.807) is 13.8 Å². The monoisotopic (exact) mass is 354 g/mol. The van der Waals surface area contributed by atoms with E-state index < -0.39 is 23.1 Å². The highest BCUT2D eigenvalue weighted by atomic mass is 16.5. The Bertz CT molecular complexity index is 575. The van der Waals surface area contributed by atoms with E-state index in [9.17, 15) is 19.5 Å². The van der Waals surface area contributed by atoms with Crippen molar-refractivity contribution in [2.45, 2.75) is 31.4 Å². The molecule has 9 heteroatoms. The van der Waals surface area contributed by atoms with Crippen molar-refractivity contribution in [3.63, 3.8) is 0 Å². The summed E-state index contributed by atoms with van der Waals surface area (Å²) in [4.78, 5) is 41.2. The first kappa shape index (κ1) is 18.1. The van der Waals surface area contributed by atoms with E-state index in [1.807, 2.05) is 0 Å². The lowest BCUT2D eigenvalue weighted by Gasteiger charge is -2.33. The van der Waals surface area contributed by atoms with E-state index in [2.05, 4.69) is 10.2 Å². The Morgan fingerprint density at radius 3 is 2.52 bits per heavy atom. The number of nitrogens with zero attached hydrogens (tertiary/aromatic N) is 3. The van der Waals surface area contributed by atoms with Gasteiger partial charge in [-0.2, -0.15) is 0 Å². The second kappa shape index (κ2) is 6.54. The van der Waals surface area contributed by atoms with Gasteiger partial charge in [-0.1, -0.05) is 0 Å². The molecule has 3 aliphatic heterocycles. The van der Waals surface area contributed by atoms with Crippen LogP contribution in [-0.4, -0.2) is 101 Å². The molecule has 0 bridgehead atoms. The SMILES string of the molecule is CC1(C)NC(=O)N(CC(=O)N2CCC(O)(CN3CCOCC3)C2)C1=O. The van der Waals surface area contributed by atoms with Crippen LogP contribution in [0, 0.1) is 0 Å². The van der Waals surface area contributed by atoms with Crippen LogP contribution in [0.1, 0.15) is 20.3 Å². The van der Waals surface area contributed by atoms with Crippen molar-refractivity contribution in [1.82, 2.24) is 20.0 Å². The Morgan fingerprint density at radius 2 is 1.92 bits per heavy atom. The van der Waals surface area contributed by atoms with E-state index in [1.165, 1.54) is 4.90 Å². The fourth-order valence-electron chi connectivity index (χ4n) is 3.57. The highest BCUT2D eigenvalue weighted by molar-refractivity contribution is 6.08. The largest absolute Gasteiger partial charge is 0.387 e. The summed E-state index contributed by atoms with van der Waals surface area (Å²) in [6.45, 7) is 6.91. The summed E-state index contributed by atoms with van der Waals surface area (Å²) in [5.41, 5.74) is -1.94. The number of hydrogen-bond donors (Lipinski definition) is 2. The number of urea groups is 1. The Labute approximate surface area is 146 Å². The third kappa shape index (κ3) is 3.78. The number of hydrogen-bond acceptors (Lipinski definition) is 6. The number of amides is 4. The van der Waals surface area contributed by atoms with Crippen molar-refractivity contribution in [3.8, 4) is 0 Å². The number of morpholine rings is 1. The Balaban J connectivity index is 1.55. The van der Waals surface area contributed by atoms with Crippen molar-refractivity contribution >= 4 is 17.8 Å². The molecule has 4 amide bonds. The lowest BCUT2D eigenvalue weighted by atomic mass is 10.0. The van der Waals surface area contributed by atoms with Crippen molar-refractivity contribution in [3.05, 3.63) is 0 Å². The van der Waals surface area contributed by atoms with Gasteiger partial charge in [0, 0.05) is 26.2 Å². The van der Waals surface area contributed by atoms with Crippen LogP contribution >= 0.6 is 0 Å². The maximum absolute atomic E-state index is 12.5. The summed E-state index contributed by atoms with van der Waals surface area (Å²) in [6.07, 6.45) is 0.488. The van der Waals surface area contributed by atoms with Crippen LogP contribution in [-0.2, 0) is 14.3 Å². The summed E-state index contributed by atoms with van der Waals surface area (Å²) in [5, 5.41) is 13.3. The molecule has 0 aromatic rings. The summed E-state index contributed by atoms with van der Waals surface area (Å²) >= 11 is 0. The quantitative estimate of drug-likeness (QED) is 0.603. The molecule has 3 rings (SSSR count). The smallest absolute Gasteiger partial charge is 0.325 e. The maximum atomic E-state index is 12.5. The highest BCUT2D eigenvalue weighted by Gasteiger charge is 2.46. The van der Waals surface area contributed by atoms with E-state index in [0.717, 1.165) is 18.0 Å². The second-order valence-electron chi connectivity index (χ2n) is 7.62. The number of imide groups is 1. The van der Waals surface area contributed by atoms with Crippen LogP contribution in [0.5, 0.6) is 0 Å². The normalized spacial score (nSPS) is 30.0. The molecule has 0 radical (unpaired) electrons. The molecular formula is C16H26N4O5. The third-order valence-corrected chi connectivity index (χ3v) is 5.04. The summed E-state index contributed by atoms with van der Waals surface area (Å²) in [7, 11) is 0. The first-order valence-electron chi connectivity index (χ1n) is 8.65. The van der Waals surface area contributed by atoms with E-state index in [0.29, 0.717) is 32.7 Å². The van der Waals surface area contributed by atoms with Gasteiger partial charge in [-0.3, -0.25) is 19.4 Å². The molecule has 0 aromatic carbocycles. The number of carbonyl (C=O) groups excluding carboxylic acids is 3. The van der Waals surface area contributed by atoms with Gasteiger partial charge in [-0.05, 0) is 20.3 Å². The first-order valence-corrected chi connectivity index (χ1v) is 8.65. The van der Waals surface area contributed by atoms with Crippen LogP contribution in [0.25, 0.3) is 0 Å². The number of rotatable bonds is 4. The van der Waals surface area contributed by atoms with Gasteiger partial charge in [0.2, 0.25) is 5.91 Å². The van der Waals surface area contributed by atoms with Crippen LogP contribution in [0.4, 0.5) is 4.79 Å². The van der Waals surface area contributed by atoms with Crippen molar-refractivity contribution < 1.29 is 24.2 Å². The number of carbonyl (C=O) groups is 3. The van der Waals surface area contributed by atoms with E-state index >= 15 is 0 Å². The molecule has 9 nitrogen and oxygen atoms in total. The van der Waals surface area contributed by atoms with Gasteiger partial charge in [0.1, 0.15) is 12.1 Å². The van der Waals surface area contributed by atoms with Crippen LogP contribution in [0.3, 0.4) is 0 Å². The Hall–Kier alpha value is -1.71. The summed E-state index contributed by atoms with van der Waals surface area (Å²) < 4.78 is 5.30. The Kier molecular flexibility index (Phi) is 4.74. The fourth-order valence-corrected chi connectivity index (χ4v) is 3.57. The molecular weight excluding hydrogens is 328 g/mol. The molecule has 3 saturated heterocycles. The van der Waals surface area contributed by atoms with Crippen LogP contribution in [0.15, 0.2) is 0 Å². The average molecular weight is 354 g/mol. The topological polar surface area (TPSA) is 102 Å². The van der Waals surface area contributed by atoms with Gasteiger partial charge < -0.3 is 20.1 Å².